The maximum absolute atomic E-state index is 12.0. The van der Waals surface area contributed by atoms with Crippen molar-refractivity contribution in [2.75, 3.05) is 6.54 Å². The largest absolute Gasteiger partial charge is 0.362 e. The SMILES string of the molecule is O=C(NC(=S)NCCc1ccccc1)c1ccccc1Br. The molecule has 0 spiro atoms. The molecule has 2 aromatic carbocycles. The molecule has 0 unspecified atom stereocenters. The van der Waals surface area contributed by atoms with Crippen LogP contribution >= 0.6 is 28.1 Å². The average molecular weight is 363 g/mol. The second kappa shape index (κ2) is 7.90. The monoisotopic (exact) mass is 362 g/mol. The van der Waals surface area contributed by atoms with Gasteiger partial charge < -0.3 is 5.32 Å². The van der Waals surface area contributed by atoms with E-state index in [0.29, 0.717) is 17.2 Å². The van der Waals surface area contributed by atoms with Crippen LogP contribution in [0.3, 0.4) is 0 Å². The standard InChI is InChI=1S/C16H15BrN2OS/c17-14-9-5-4-8-13(14)15(20)19-16(21)18-11-10-12-6-2-1-3-7-12/h1-9H,10-11H2,(H2,18,19,20,21). The van der Waals surface area contributed by atoms with Crippen LogP contribution in [0.1, 0.15) is 15.9 Å². The maximum Gasteiger partial charge on any atom is 0.258 e. The summed E-state index contributed by atoms with van der Waals surface area (Å²) in [5, 5.41) is 6.05. The molecule has 0 bridgehead atoms. The summed E-state index contributed by atoms with van der Waals surface area (Å²) in [5.41, 5.74) is 1.79. The molecule has 0 radical (unpaired) electrons. The van der Waals surface area contributed by atoms with Gasteiger partial charge in [-0.3, -0.25) is 10.1 Å². The zero-order valence-electron chi connectivity index (χ0n) is 11.3. The van der Waals surface area contributed by atoms with E-state index in [1.807, 2.05) is 36.4 Å². The van der Waals surface area contributed by atoms with Crippen LogP contribution in [0.5, 0.6) is 0 Å². The Balaban J connectivity index is 1.80. The second-order valence-electron chi connectivity index (χ2n) is 4.43. The van der Waals surface area contributed by atoms with Crippen LogP contribution in [0.2, 0.25) is 0 Å². The number of carbonyl (C=O) groups excluding carboxylic acids is 1. The Morgan fingerprint density at radius 1 is 1.05 bits per heavy atom. The third-order valence-corrected chi connectivity index (χ3v) is 3.83. The zero-order chi connectivity index (χ0) is 15.1. The highest BCUT2D eigenvalue weighted by Crippen LogP contribution is 2.15. The van der Waals surface area contributed by atoms with Gasteiger partial charge in [0.2, 0.25) is 0 Å². The molecule has 0 saturated carbocycles. The lowest BCUT2D eigenvalue weighted by atomic mass is 10.1. The minimum Gasteiger partial charge on any atom is -0.362 e. The van der Waals surface area contributed by atoms with E-state index in [1.54, 1.807) is 6.07 Å². The summed E-state index contributed by atoms with van der Waals surface area (Å²) in [7, 11) is 0. The molecular weight excluding hydrogens is 348 g/mol. The topological polar surface area (TPSA) is 41.1 Å². The van der Waals surface area contributed by atoms with Gasteiger partial charge in [0.15, 0.2) is 5.11 Å². The molecule has 21 heavy (non-hydrogen) atoms. The summed E-state index contributed by atoms with van der Waals surface area (Å²) in [6.45, 7) is 0.680. The van der Waals surface area contributed by atoms with Crippen molar-refractivity contribution >= 4 is 39.2 Å². The first kappa shape index (κ1) is 15.7. The highest BCUT2D eigenvalue weighted by atomic mass is 79.9. The van der Waals surface area contributed by atoms with Gasteiger partial charge in [-0.25, -0.2) is 0 Å². The zero-order valence-corrected chi connectivity index (χ0v) is 13.7. The van der Waals surface area contributed by atoms with Crippen molar-refractivity contribution < 1.29 is 4.79 Å². The van der Waals surface area contributed by atoms with Crippen LogP contribution < -0.4 is 10.6 Å². The first-order valence-electron chi connectivity index (χ1n) is 6.54. The second-order valence-corrected chi connectivity index (χ2v) is 5.69. The van der Waals surface area contributed by atoms with Crippen LogP contribution in [0.25, 0.3) is 0 Å². The third-order valence-electron chi connectivity index (χ3n) is 2.89. The van der Waals surface area contributed by atoms with Crippen molar-refractivity contribution in [3.8, 4) is 0 Å². The van der Waals surface area contributed by atoms with Crippen molar-refractivity contribution in [2.45, 2.75) is 6.42 Å². The molecule has 5 heteroatoms. The van der Waals surface area contributed by atoms with Crippen molar-refractivity contribution in [3.63, 3.8) is 0 Å². The van der Waals surface area contributed by atoms with Gasteiger partial charge in [-0.2, -0.15) is 0 Å². The fourth-order valence-corrected chi connectivity index (χ4v) is 2.48. The van der Waals surface area contributed by atoms with Crippen LogP contribution in [0, 0.1) is 0 Å². The lowest BCUT2D eigenvalue weighted by Crippen LogP contribution is -2.40. The fourth-order valence-electron chi connectivity index (χ4n) is 1.83. The van der Waals surface area contributed by atoms with Gasteiger partial charge in [0.05, 0.1) is 5.56 Å². The molecule has 0 aliphatic heterocycles. The number of nitrogens with one attached hydrogen (secondary N) is 2. The Morgan fingerprint density at radius 2 is 1.71 bits per heavy atom. The Labute approximate surface area is 137 Å². The smallest absolute Gasteiger partial charge is 0.258 e. The van der Waals surface area contributed by atoms with Crippen LogP contribution in [0.4, 0.5) is 0 Å². The summed E-state index contributed by atoms with van der Waals surface area (Å²) in [6.07, 6.45) is 0.853. The van der Waals surface area contributed by atoms with Crippen LogP contribution in [-0.2, 0) is 6.42 Å². The molecule has 2 rings (SSSR count). The third kappa shape index (κ3) is 4.95. The molecule has 0 fully saturated rings. The summed E-state index contributed by atoms with van der Waals surface area (Å²) in [4.78, 5) is 12.0. The van der Waals surface area contributed by atoms with Crippen LogP contribution in [0.15, 0.2) is 59.1 Å². The van der Waals surface area contributed by atoms with Crippen LogP contribution in [-0.4, -0.2) is 17.6 Å². The first-order valence-corrected chi connectivity index (χ1v) is 7.74. The van der Waals surface area contributed by atoms with E-state index in [0.717, 1.165) is 10.9 Å². The van der Waals surface area contributed by atoms with Crippen molar-refractivity contribution in [3.05, 3.63) is 70.2 Å². The lowest BCUT2D eigenvalue weighted by molar-refractivity contribution is 0.0976. The fraction of sp³-hybridized carbons (Fsp3) is 0.125. The minimum absolute atomic E-state index is 0.223. The summed E-state index contributed by atoms with van der Waals surface area (Å²) in [5.74, 6) is -0.223. The quantitative estimate of drug-likeness (QED) is 0.819. The maximum atomic E-state index is 12.0. The van der Waals surface area contributed by atoms with Gasteiger partial charge in [-0.05, 0) is 52.3 Å². The van der Waals surface area contributed by atoms with Gasteiger partial charge in [-0.1, -0.05) is 42.5 Å². The molecule has 0 aliphatic rings. The minimum atomic E-state index is -0.223. The normalized spacial score (nSPS) is 9.95. The number of hydrogen-bond acceptors (Lipinski definition) is 2. The molecule has 0 heterocycles. The number of thiocarbonyl (C=S) groups is 1. The van der Waals surface area contributed by atoms with E-state index >= 15 is 0 Å². The summed E-state index contributed by atoms with van der Waals surface area (Å²) < 4.78 is 0.745. The van der Waals surface area contributed by atoms with E-state index in [-0.39, 0.29) is 5.91 Å². The van der Waals surface area contributed by atoms with E-state index in [4.69, 9.17) is 12.2 Å². The number of benzene rings is 2. The van der Waals surface area contributed by atoms with Gasteiger partial charge in [-0.15, -0.1) is 0 Å². The number of rotatable bonds is 4. The van der Waals surface area contributed by atoms with Crippen molar-refractivity contribution in [1.29, 1.82) is 0 Å². The molecule has 2 N–H and O–H groups in total. The number of amides is 1. The molecule has 0 atom stereocenters. The Hall–Kier alpha value is -1.72. The van der Waals surface area contributed by atoms with Gasteiger partial charge in [0.1, 0.15) is 0 Å². The van der Waals surface area contributed by atoms with E-state index < -0.39 is 0 Å². The Bertz CT molecular complexity index is 631. The molecule has 2 aromatic rings. The van der Waals surface area contributed by atoms with E-state index in [9.17, 15) is 4.79 Å². The first-order chi connectivity index (χ1) is 10.2. The average Bonchev–Trinajstić information content (AvgIpc) is 2.48. The van der Waals surface area contributed by atoms with Crippen molar-refractivity contribution in [1.82, 2.24) is 10.6 Å². The Morgan fingerprint density at radius 3 is 2.43 bits per heavy atom. The highest BCUT2D eigenvalue weighted by Gasteiger charge is 2.10. The van der Waals surface area contributed by atoms with Gasteiger partial charge in [0.25, 0.3) is 5.91 Å². The molecular formula is C16H15BrN2OS. The lowest BCUT2D eigenvalue weighted by Gasteiger charge is -2.10. The predicted octanol–water partition coefficient (Wildman–Crippen LogP) is 3.30. The molecule has 0 aliphatic carbocycles. The molecule has 1 amide bonds. The molecule has 108 valence electrons. The van der Waals surface area contributed by atoms with Gasteiger partial charge >= 0.3 is 0 Å². The van der Waals surface area contributed by atoms with E-state index in [2.05, 4.69) is 38.7 Å². The van der Waals surface area contributed by atoms with Gasteiger partial charge in [0, 0.05) is 11.0 Å². The number of halogens is 1. The number of hydrogen-bond donors (Lipinski definition) is 2. The Kier molecular flexibility index (Phi) is 5.90. The number of carbonyl (C=O) groups is 1. The summed E-state index contributed by atoms with van der Waals surface area (Å²) in [6, 6.07) is 17.3. The molecule has 3 nitrogen and oxygen atoms in total. The van der Waals surface area contributed by atoms with Crippen molar-refractivity contribution in [2.24, 2.45) is 0 Å². The summed E-state index contributed by atoms with van der Waals surface area (Å²) >= 11 is 8.48. The highest BCUT2D eigenvalue weighted by molar-refractivity contribution is 9.10. The van der Waals surface area contributed by atoms with E-state index in [1.165, 1.54) is 5.56 Å². The predicted molar refractivity (Wildman–Crippen MR) is 92.4 cm³/mol. The molecule has 0 aromatic heterocycles. The molecule has 0 saturated heterocycles.